The molecule has 0 bridgehead atoms. The largest absolute Gasteiger partial charge is 0.409 e. The van der Waals surface area contributed by atoms with Crippen molar-refractivity contribution in [2.24, 2.45) is 16.3 Å². The van der Waals surface area contributed by atoms with Crippen LogP contribution < -0.4 is 11.1 Å². The molecule has 4 N–H and O–H groups in total. The molecule has 0 aromatic carbocycles. The molecule has 18 heavy (non-hydrogen) atoms. The first-order chi connectivity index (χ1) is 8.58. The number of amidine groups is 1. The SMILES string of the molecule is NC(=NO)C1(C(=O)NCc2cc(Br)cs2)CCC1. The van der Waals surface area contributed by atoms with Gasteiger partial charge < -0.3 is 16.3 Å². The summed E-state index contributed by atoms with van der Waals surface area (Å²) in [6, 6.07) is 1.96. The Labute approximate surface area is 117 Å². The molecule has 5 nitrogen and oxygen atoms in total. The molecule has 0 unspecified atom stereocenters. The molecular weight excluding hydrogens is 318 g/mol. The van der Waals surface area contributed by atoms with Crippen LogP contribution in [0.3, 0.4) is 0 Å². The van der Waals surface area contributed by atoms with Crippen LogP contribution in [0.2, 0.25) is 0 Å². The number of hydrogen-bond acceptors (Lipinski definition) is 4. The molecule has 0 spiro atoms. The lowest BCUT2D eigenvalue weighted by Crippen LogP contribution is -2.53. The topological polar surface area (TPSA) is 87.7 Å². The summed E-state index contributed by atoms with van der Waals surface area (Å²) in [6.07, 6.45) is 2.21. The summed E-state index contributed by atoms with van der Waals surface area (Å²) >= 11 is 4.93. The molecule has 7 heteroatoms. The van der Waals surface area contributed by atoms with Gasteiger partial charge in [-0.05, 0) is 34.8 Å². The van der Waals surface area contributed by atoms with E-state index in [4.69, 9.17) is 10.9 Å². The van der Waals surface area contributed by atoms with Crippen LogP contribution in [0.5, 0.6) is 0 Å². The lowest BCUT2D eigenvalue weighted by Gasteiger charge is -2.38. The maximum atomic E-state index is 12.1. The van der Waals surface area contributed by atoms with Gasteiger partial charge in [0.2, 0.25) is 5.91 Å². The zero-order valence-corrected chi connectivity index (χ0v) is 12.1. The number of thiophene rings is 1. The zero-order valence-electron chi connectivity index (χ0n) is 9.65. The quantitative estimate of drug-likeness (QED) is 0.341. The van der Waals surface area contributed by atoms with E-state index < -0.39 is 5.41 Å². The Morgan fingerprint density at radius 3 is 2.83 bits per heavy atom. The molecule has 1 aliphatic carbocycles. The van der Waals surface area contributed by atoms with E-state index in [1.165, 1.54) is 0 Å². The van der Waals surface area contributed by atoms with Gasteiger partial charge in [0.25, 0.3) is 0 Å². The predicted octanol–water partition coefficient (Wildman–Crippen LogP) is 2.04. The van der Waals surface area contributed by atoms with Crippen LogP contribution in [0.1, 0.15) is 24.1 Å². The molecule has 0 aliphatic heterocycles. The fraction of sp³-hybridized carbons (Fsp3) is 0.455. The molecule has 1 saturated carbocycles. The zero-order chi connectivity index (χ0) is 13.2. The lowest BCUT2D eigenvalue weighted by molar-refractivity contribution is -0.131. The van der Waals surface area contributed by atoms with E-state index in [1.54, 1.807) is 11.3 Å². The monoisotopic (exact) mass is 331 g/mol. The van der Waals surface area contributed by atoms with Crippen molar-refractivity contribution in [1.29, 1.82) is 0 Å². The molecule has 98 valence electrons. The smallest absolute Gasteiger partial charge is 0.234 e. The molecule has 0 atom stereocenters. The summed E-state index contributed by atoms with van der Waals surface area (Å²) in [4.78, 5) is 13.2. The van der Waals surface area contributed by atoms with E-state index in [2.05, 4.69) is 26.4 Å². The highest BCUT2D eigenvalue weighted by molar-refractivity contribution is 9.10. The van der Waals surface area contributed by atoms with Crippen molar-refractivity contribution in [1.82, 2.24) is 5.32 Å². The van der Waals surface area contributed by atoms with E-state index in [0.29, 0.717) is 19.4 Å². The van der Waals surface area contributed by atoms with Crippen molar-refractivity contribution in [2.45, 2.75) is 25.8 Å². The van der Waals surface area contributed by atoms with E-state index in [1.807, 2.05) is 11.4 Å². The van der Waals surface area contributed by atoms with Crippen molar-refractivity contribution in [2.75, 3.05) is 0 Å². The number of nitrogens with two attached hydrogens (primary N) is 1. The Bertz CT molecular complexity index is 482. The van der Waals surface area contributed by atoms with Crippen LogP contribution in [0.15, 0.2) is 21.1 Å². The van der Waals surface area contributed by atoms with Gasteiger partial charge in [-0.2, -0.15) is 0 Å². The number of rotatable bonds is 4. The summed E-state index contributed by atoms with van der Waals surface area (Å²) in [5.74, 6) is -0.146. The highest BCUT2D eigenvalue weighted by atomic mass is 79.9. The number of halogens is 1. The molecule has 1 aliphatic rings. The number of nitrogens with one attached hydrogen (secondary N) is 1. The van der Waals surface area contributed by atoms with Crippen molar-refractivity contribution in [3.8, 4) is 0 Å². The van der Waals surface area contributed by atoms with E-state index in [9.17, 15) is 4.79 Å². The second kappa shape index (κ2) is 5.27. The standard InChI is InChI=1S/C11H14BrN3O2S/c12-7-4-8(18-6-7)5-14-10(16)11(2-1-3-11)9(13)15-17/h4,6,17H,1-3,5H2,(H2,13,15)(H,14,16). The number of carbonyl (C=O) groups excluding carboxylic acids is 1. The normalized spacial score (nSPS) is 18.2. The Hall–Kier alpha value is -1.08. The number of carbonyl (C=O) groups is 1. The van der Waals surface area contributed by atoms with Gasteiger partial charge in [0.15, 0.2) is 5.84 Å². The van der Waals surface area contributed by atoms with Gasteiger partial charge >= 0.3 is 0 Å². The number of amides is 1. The fourth-order valence-corrected chi connectivity index (χ4v) is 3.40. The second-order valence-corrected chi connectivity index (χ2v) is 6.25. The second-order valence-electron chi connectivity index (χ2n) is 4.33. The third-order valence-corrected chi connectivity index (χ3v) is 4.98. The maximum Gasteiger partial charge on any atom is 0.234 e. The first kappa shape index (κ1) is 13.4. The molecule has 1 aromatic heterocycles. The Balaban J connectivity index is 1.99. The summed E-state index contributed by atoms with van der Waals surface area (Å²) in [6.45, 7) is 0.468. The van der Waals surface area contributed by atoms with E-state index in [0.717, 1.165) is 15.8 Å². The molecule has 0 saturated heterocycles. The van der Waals surface area contributed by atoms with E-state index >= 15 is 0 Å². The summed E-state index contributed by atoms with van der Waals surface area (Å²) in [5.41, 5.74) is 4.82. The average Bonchev–Trinajstić information content (AvgIpc) is 2.70. The van der Waals surface area contributed by atoms with Gasteiger partial charge in [0.05, 0.1) is 6.54 Å². The van der Waals surface area contributed by atoms with Gasteiger partial charge in [-0.15, -0.1) is 11.3 Å². The average molecular weight is 332 g/mol. The van der Waals surface area contributed by atoms with Crippen LogP contribution in [0.25, 0.3) is 0 Å². The first-order valence-electron chi connectivity index (χ1n) is 5.58. The third-order valence-electron chi connectivity index (χ3n) is 3.28. The Morgan fingerprint density at radius 2 is 2.39 bits per heavy atom. The predicted molar refractivity (Wildman–Crippen MR) is 73.6 cm³/mol. The van der Waals surface area contributed by atoms with Gasteiger partial charge in [-0.3, -0.25) is 4.79 Å². The van der Waals surface area contributed by atoms with Crippen LogP contribution in [0, 0.1) is 5.41 Å². The number of oxime groups is 1. The van der Waals surface area contributed by atoms with Gasteiger partial charge in [-0.1, -0.05) is 11.6 Å². The van der Waals surface area contributed by atoms with Crippen molar-refractivity contribution < 1.29 is 10.0 Å². The van der Waals surface area contributed by atoms with Crippen LogP contribution in [-0.2, 0) is 11.3 Å². The summed E-state index contributed by atoms with van der Waals surface area (Å²) in [7, 11) is 0. The minimum Gasteiger partial charge on any atom is -0.409 e. The van der Waals surface area contributed by atoms with Crippen molar-refractivity contribution in [3.63, 3.8) is 0 Å². The molecule has 2 rings (SSSR count). The van der Waals surface area contributed by atoms with Gasteiger partial charge in [-0.25, -0.2) is 0 Å². The molecule has 1 fully saturated rings. The van der Waals surface area contributed by atoms with Crippen molar-refractivity contribution >= 4 is 39.0 Å². The van der Waals surface area contributed by atoms with Crippen LogP contribution in [0.4, 0.5) is 0 Å². The molecular formula is C11H14BrN3O2S. The minimum atomic E-state index is -0.802. The molecule has 1 heterocycles. The van der Waals surface area contributed by atoms with Crippen LogP contribution >= 0.6 is 27.3 Å². The van der Waals surface area contributed by atoms with Crippen molar-refractivity contribution in [3.05, 3.63) is 20.8 Å². The highest BCUT2D eigenvalue weighted by Crippen LogP contribution is 2.41. The lowest BCUT2D eigenvalue weighted by atomic mass is 9.67. The van der Waals surface area contributed by atoms with Gasteiger partial charge in [0, 0.05) is 14.7 Å². The van der Waals surface area contributed by atoms with Gasteiger partial charge in [0.1, 0.15) is 5.41 Å². The first-order valence-corrected chi connectivity index (χ1v) is 7.25. The highest BCUT2D eigenvalue weighted by Gasteiger charge is 2.48. The maximum absolute atomic E-state index is 12.1. The fourth-order valence-electron chi connectivity index (χ4n) is 2.01. The minimum absolute atomic E-state index is 0.0126. The van der Waals surface area contributed by atoms with E-state index in [-0.39, 0.29) is 11.7 Å². The molecule has 1 amide bonds. The summed E-state index contributed by atoms with van der Waals surface area (Å²) in [5, 5.41) is 16.6. The number of nitrogens with zero attached hydrogens (tertiary/aromatic N) is 1. The Morgan fingerprint density at radius 1 is 1.67 bits per heavy atom. The molecule has 0 radical (unpaired) electrons. The number of hydrogen-bond donors (Lipinski definition) is 3. The molecule has 1 aromatic rings. The third kappa shape index (κ3) is 2.37. The summed E-state index contributed by atoms with van der Waals surface area (Å²) < 4.78 is 1.01. The van der Waals surface area contributed by atoms with Crippen LogP contribution in [-0.4, -0.2) is 17.0 Å². The Kier molecular flexibility index (Phi) is 3.91.